The van der Waals surface area contributed by atoms with E-state index in [-0.39, 0.29) is 5.91 Å². The molecule has 3 heteroatoms. The van der Waals surface area contributed by atoms with Gasteiger partial charge in [-0.3, -0.25) is 4.79 Å². The van der Waals surface area contributed by atoms with Gasteiger partial charge in [0, 0.05) is 22.6 Å². The highest BCUT2D eigenvalue weighted by Crippen LogP contribution is 2.32. The third-order valence-electron chi connectivity index (χ3n) is 3.17. The molecule has 1 aromatic rings. The fraction of sp³-hybridized carbons (Fsp3) is 0.417. The number of nitrogens with zero attached hydrogens (tertiary/aromatic N) is 1. The maximum atomic E-state index is 12.2. The van der Waals surface area contributed by atoms with Crippen LogP contribution in [-0.4, -0.2) is 23.4 Å². The van der Waals surface area contributed by atoms with E-state index in [1.54, 1.807) is 0 Å². The van der Waals surface area contributed by atoms with Crippen LogP contribution in [0, 0.1) is 0 Å². The first kappa shape index (κ1) is 9.40. The van der Waals surface area contributed by atoms with Gasteiger partial charge in [-0.15, -0.1) is 0 Å². The lowest BCUT2D eigenvalue weighted by molar-refractivity contribution is 0.0727. The Labute approximate surface area is 97.4 Å². The fourth-order valence-corrected chi connectivity index (χ4v) is 2.56. The summed E-state index contributed by atoms with van der Waals surface area (Å²) in [6, 6.07) is 6.55. The molecule has 15 heavy (non-hydrogen) atoms. The molecule has 0 saturated heterocycles. The summed E-state index contributed by atoms with van der Waals surface area (Å²) in [5.41, 5.74) is 2.09. The van der Waals surface area contributed by atoms with Crippen molar-refractivity contribution in [3.63, 3.8) is 0 Å². The molecule has 0 atom stereocenters. The Balaban J connectivity index is 2.00. The minimum absolute atomic E-state index is 0.222. The van der Waals surface area contributed by atoms with Gasteiger partial charge in [-0.2, -0.15) is 0 Å². The highest BCUT2D eigenvalue weighted by atomic mass is 79.9. The molecule has 2 aliphatic rings. The summed E-state index contributed by atoms with van der Waals surface area (Å²) in [7, 11) is 0. The summed E-state index contributed by atoms with van der Waals surface area (Å²) in [6.07, 6.45) is 3.38. The van der Waals surface area contributed by atoms with Crippen LogP contribution < -0.4 is 0 Å². The molecular formula is C12H12BrNO. The molecule has 0 unspecified atom stereocenters. The van der Waals surface area contributed by atoms with Crippen molar-refractivity contribution in [1.82, 2.24) is 4.90 Å². The molecule has 1 aromatic carbocycles. The van der Waals surface area contributed by atoms with Crippen molar-refractivity contribution in [3.05, 3.63) is 33.8 Å². The molecule has 0 radical (unpaired) electrons. The van der Waals surface area contributed by atoms with Gasteiger partial charge in [0.2, 0.25) is 0 Å². The van der Waals surface area contributed by atoms with Crippen molar-refractivity contribution in [2.75, 3.05) is 6.54 Å². The van der Waals surface area contributed by atoms with Gasteiger partial charge in [-0.1, -0.05) is 22.0 Å². The van der Waals surface area contributed by atoms with Crippen LogP contribution in [0.3, 0.4) is 0 Å². The predicted octanol–water partition coefficient (Wildman–Crippen LogP) is 2.61. The van der Waals surface area contributed by atoms with E-state index in [1.807, 2.05) is 17.0 Å². The molecule has 78 valence electrons. The maximum absolute atomic E-state index is 12.2. The second-order valence-electron chi connectivity index (χ2n) is 4.28. The zero-order valence-electron chi connectivity index (χ0n) is 8.37. The Morgan fingerprint density at radius 1 is 1.33 bits per heavy atom. The third-order valence-corrected chi connectivity index (χ3v) is 3.67. The van der Waals surface area contributed by atoms with Crippen molar-refractivity contribution in [3.8, 4) is 0 Å². The van der Waals surface area contributed by atoms with E-state index >= 15 is 0 Å². The summed E-state index contributed by atoms with van der Waals surface area (Å²) >= 11 is 3.42. The minimum atomic E-state index is 0.222. The van der Waals surface area contributed by atoms with Crippen LogP contribution in [0.25, 0.3) is 0 Å². The number of amides is 1. The van der Waals surface area contributed by atoms with Gasteiger partial charge in [-0.05, 0) is 37.0 Å². The molecule has 1 aliphatic heterocycles. The molecule has 0 bridgehead atoms. The van der Waals surface area contributed by atoms with Gasteiger partial charge < -0.3 is 4.90 Å². The molecule has 1 heterocycles. The van der Waals surface area contributed by atoms with Crippen molar-refractivity contribution < 1.29 is 4.79 Å². The van der Waals surface area contributed by atoms with Crippen molar-refractivity contribution in [1.29, 1.82) is 0 Å². The largest absolute Gasteiger partial charge is 0.335 e. The Hall–Kier alpha value is -0.830. The summed E-state index contributed by atoms with van der Waals surface area (Å²) in [6.45, 7) is 0.901. The molecule has 0 N–H and O–H groups in total. The van der Waals surface area contributed by atoms with E-state index in [1.165, 1.54) is 18.4 Å². The smallest absolute Gasteiger partial charge is 0.254 e. The van der Waals surface area contributed by atoms with E-state index in [9.17, 15) is 4.79 Å². The molecule has 0 spiro atoms. The van der Waals surface area contributed by atoms with Crippen LogP contribution >= 0.6 is 15.9 Å². The first-order valence-corrected chi connectivity index (χ1v) is 6.14. The zero-order valence-corrected chi connectivity index (χ0v) is 9.96. The number of hydrogen-bond donors (Lipinski definition) is 0. The summed E-state index contributed by atoms with van der Waals surface area (Å²) in [4.78, 5) is 14.2. The van der Waals surface area contributed by atoms with Gasteiger partial charge in [0.25, 0.3) is 5.91 Å². The minimum Gasteiger partial charge on any atom is -0.335 e. The first-order chi connectivity index (χ1) is 7.25. The van der Waals surface area contributed by atoms with Gasteiger partial charge >= 0.3 is 0 Å². The Morgan fingerprint density at radius 3 is 2.87 bits per heavy atom. The van der Waals surface area contributed by atoms with E-state index in [4.69, 9.17) is 0 Å². The molecule has 2 nitrogen and oxygen atoms in total. The SMILES string of the molecule is O=C1c2cc(Br)ccc2CCN1C1CC1. The number of fused-ring (bicyclic) bond motifs is 1. The summed E-state index contributed by atoms with van der Waals surface area (Å²) in [5, 5.41) is 0. The van der Waals surface area contributed by atoms with Gasteiger partial charge in [0.1, 0.15) is 0 Å². The molecule has 1 fully saturated rings. The lowest BCUT2D eigenvalue weighted by atomic mass is 9.99. The van der Waals surface area contributed by atoms with Crippen LogP contribution in [0.15, 0.2) is 22.7 Å². The molecule has 1 amide bonds. The quantitative estimate of drug-likeness (QED) is 0.765. The van der Waals surface area contributed by atoms with Crippen molar-refractivity contribution in [2.24, 2.45) is 0 Å². The number of benzene rings is 1. The van der Waals surface area contributed by atoms with Gasteiger partial charge in [-0.25, -0.2) is 0 Å². The van der Waals surface area contributed by atoms with E-state index in [0.29, 0.717) is 6.04 Å². The molecule has 1 saturated carbocycles. The lowest BCUT2D eigenvalue weighted by Crippen LogP contribution is -2.39. The topological polar surface area (TPSA) is 20.3 Å². The van der Waals surface area contributed by atoms with Crippen molar-refractivity contribution in [2.45, 2.75) is 25.3 Å². The average Bonchev–Trinajstić information content (AvgIpc) is 3.03. The van der Waals surface area contributed by atoms with Crippen LogP contribution in [-0.2, 0) is 6.42 Å². The number of carbonyl (C=O) groups is 1. The van der Waals surface area contributed by atoms with Crippen LogP contribution in [0.2, 0.25) is 0 Å². The summed E-state index contributed by atoms with van der Waals surface area (Å²) < 4.78 is 0.993. The highest BCUT2D eigenvalue weighted by molar-refractivity contribution is 9.10. The fourth-order valence-electron chi connectivity index (χ4n) is 2.20. The second-order valence-corrected chi connectivity index (χ2v) is 5.20. The monoisotopic (exact) mass is 265 g/mol. The van der Waals surface area contributed by atoms with Crippen molar-refractivity contribution >= 4 is 21.8 Å². The van der Waals surface area contributed by atoms with E-state index in [2.05, 4.69) is 22.0 Å². The highest BCUT2D eigenvalue weighted by Gasteiger charge is 2.35. The summed E-state index contributed by atoms with van der Waals surface area (Å²) in [5.74, 6) is 0.222. The third kappa shape index (κ3) is 1.59. The number of rotatable bonds is 1. The average molecular weight is 266 g/mol. The molecular weight excluding hydrogens is 254 g/mol. The van der Waals surface area contributed by atoms with Gasteiger partial charge in [0.05, 0.1) is 0 Å². The Bertz CT molecular complexity index is 426. The molecule has 3 rings (SSSR count). The molecule has 1 aliphatic carbocycles. The van der Waals surface area contributed by atoms with Crippen LogP contribution in [0.4, 0.5) is 0 Å². The predicted molar refractivity (Wildman–Crippen MR) is 61.9 cm³/mol. The first-order valence-electron chi connectivity index (χ1n) is 5.35. The zero-order chi connectivity index (χ0) is 10.4. The van der Waals surface area contributed by atoms with Crippen LogP contribution in [0.1, 0.15) is 28.8 Å². The lowest BCUT2D eigenvalue weighted by Gasteiger charge is -2.28. The standard InChI is InChI=1S/C12H12BrNO/c13-9-2-1-8-5-6-14(10-3-4-10)12(15)11(8)7-9/h1-2,7,10H,3-6H2. The number of hydrogen-bond acceptors (Lipinski definition) is 1. The Morgan fingerprint density at radius 2 is 2.13 bits per heavy atom. The number of halogens is 1. The maximum Gasteiger partial charge on any atom is 0.254 e. The normalized spacial score (nSPS) is 20.3. The van der Waals surface area contributed by atoms with Gasteiger partial charge in [0.15, 0.2) is 0 Å². The number of carbonyl (C=O) groups excluding carboxylic acids is 1. The van der Waals surface area contributed by atoms with E-state index < -0.39 is 0 Å². The molecule has 0 aromatic heterocycles. The Kier molecular flexibility index (Phi) is 2.09. The van der Waals surface area contributed by atoms with Crippen LogP contribution in [0.5, 0.6) is 0 Å². The van der Waals surface area contributed by atoms with E-state index in [0.717, 1.165) is 23.0 Å². The second kappa shape index (κ2) is 3.34.